The Morgan fingerprint density at radius 2 is 1.36 bits per heavy atom. The molecule has 0 saturated heterocycles. The van der Waals surface area contributed by atoms with E-state index in [1.807, 2.05) is 32.0 Å². The van der Waals surface area contributed by atoms with Crippen molar-refractivity contribution in [3.63, 3.8) is 0 Å². The third-order valence-electron chi connectivity index (χ3n) is 5.63. The van der Waals surface area contributed by atoms with Gasteiger partial charge in [-0.1, -0.05) is 70.1 Å². The predicted molar refractivity (Wildman–Crippen MR) is 146 cm³/mol. The van der Waals surface area contributed by atoms with E-state index >= 15 is 0 Å². The molecule has 0 heterocycles. The van der Waals surface area contributed by atoms with Crippen molar-refractivity contribution < 1.29 is 14.3 Å². The van der Waals surface area contributed by atoms with E-state index in [4.69, 9.17) is 9.47 Å². The van der Waals surface area contributed by atoms with Crippen LogP contribution in [0.15, 0.2) is 30.3 Å². The zero-order valence-electron chi connectivity index (χ0n) is 20.7. The zero-order valence-corrected chi connectivity index (χ0v) is 21.7. The number of hydrogen-bond donors (Lipinski definition) is 0. The first-order valence-electron chi connectivity index (χ1n) is 12.2. The average molecular weight is 465 g/mol. The van der Waals surface area contributed by atoms with Gasteiger partial charge >= 0.3 is 18.9 Å². The molecule has 0 radical (unpaired) electrons. The summed E-state index contributed by atoms with van der Waals surface area (Å²) in [5.74, 6) is 1.62. The van der Waals surface area contributed by atoms with Crippen molar-refractivity contribution in [2.24, 2.45) is 0 Å². The molecule has 0 aliphatic carbocycles. The summed E-state index contributed by atoms with van der Waals surface area (Å²) in [7, 11) is 0.0355. The molecule has 2 rings (SSSR count). The minimum atomic E-state index is 0. The number of carbonyl (C=O) groups is 1. The van der Waals surface area contributed by atoms with E-state index < -0.39 is 0 Å². The van der Waals surface area contributed by atoms with Gasteiger partial charge in [0.05, 0.1) is 13.2 Å². The topological polar surface area (TPSA) is 35.5 Å². The van der Waals surface area contributed by atoms with Gasteiger partial charge in [-0.05, 0) is 65.5 Å². The van der Waals surface area contributed by atoms with Crippen LogP contribution in [0.25, 0.3) is 0 Å². The molecule has 0 aliphatic rings. The molecule has 5 heteroatoms. The Labute approximate surface area is 215 Å². The number of hydrogen-bond acceptors (Lipinski definition) is 3. The molecule has 33 heavy (non-hydrogen) atoms. The second-order valence-corrected chi connectivity index (χ2v) is 9.95. The Bertz CT molecular complexity index is 843. The van der Waals surface area contributed by atoms with Gasteiger partial charge in [-0.2, -0.15) is 0 Å². The van der Waals surface area contributed by atoms with Crippen molar-refractivity contribution in [2.75, 3.05) is 13.2 Å². The zero-order chi connectivity index (χ0) is 23.3. The first-order chi connectivity index (χ1) is 15.5. The standard InChI is InChI=1S/C28H41O3P.Li.H/c1-6-8-10-12-16-30-24-14-15-26(25(20-24)31-17-13-11-9-7-2)32-28(29)27-22(4)18-21(3)19-23(27)5;;/h14-15,18-20,32H,6-13,16-17H2,1-5H3;;. The molecule has 0 aliphatic heterocycles. The van der Waals surface area contributed by atoms with Crippen LogP contribution in [0.1, 0.15) is 92.3 Å². The van der Waals surface area contributed by atoms with Crippen molar-refractivity contribution in [2.45, 2.75) is 86.0 Å². The minimum absolute atomic E-state index is 0. The Balaban J connectivity index is 0.00000544. The van der Waals surface area contributed by atoms with E-state index in [1.54, 1.807) is 0 Å². The van der Waals surface area contributed by atoms with E-state index in [-0.39, 0.29) is 33.0 Å². The molecule has 2 aromatic carbocycles. The van der Waals surface area contributed by atoms with Gasteiger partial charge in [0.25, 0.3) is 0 Å². The molecular formula is C28H42LiO3P. The molecule has 0 amide bonds. The molecule has 0 aromatic heterocycles. The Hall–Kier alpha value is -1.26. The second-order valence-electron chi connectivity index (χ2n) is 8.70. The molecule has 0 bridgehead atoms. The van der Waals surface area contributed by atoms with Crippen LogP contribution in [0.4, 0.5) is 0 Å². The molecule has 0 spiro atoms. The van der Waals surface area contributed by atoms with Crippen LogP contribution in [0.3, 0.4) is 0 Å². The van der Waals surface area contributed by atoms with Crippen molar-refractivity contribution >= 4 is 38.3 Å². The quantitative estimate of drug-likeness (QED) is 0.161. The number of unbranched alkanes of at least 4 members (excludes halogenated alkanes) is 6. The van der Waals surface area contributed by atoms with Gasteiger partial charge in [0.1, 0.15) is 11.5 Å². The summed E-state index contributed by atoms with van der Waals surface area (Å²) in [4.78, 5) is 13.2. The van der Waals surface area contributed by atoms with Gasteiger partial charge in [-0.15, -0.1) is 0 Å². The molecule has 0 fully saturated rings. The van der Waals surface area contributed by atoms with Gasteiger partial charge in [-0.25, -0.2) is 0 Å². The molecule has 0 saturated carbocycles. The summed E-state index contributed by atoms with van der Waals surface area (Å²) < 4.78 is 12.1. The summed E-state index contributed by atoms with van der Waals surface area (Å²) in [5, 5.41) is 0.961. The molecule has 0 N–H and O–H groups in total. The van der Waals surface area contributed by atoms with Crippen LogP contribution < -0.4 is 14.8 Å². The Kier molecular flexibility index (Phi) is 14.8. The normalized spacial score (nSPS) is 10.9. The SMILES string of the molecule is CCCCCCOc1ccc(PC(=O)c2c(C)cc(C)cc2C)c(OCCCCCC)c1.[LiH]. The van der Waals surface area contributed by atoms with Crippen molar-refractivity contribution in [1.29, 1.82) is 0 Å². The molecule has 2 aromatic rings. The van der Waals surface area contributed by atoms with Crippen LogP contribution in [0.5, 0.6) is 11.5 Å². The number of benzene rings is 2. The maximum atomic E-state index is 13.2. The van der Waals surface area contributed by atoms with Crippen molar-refractivity contribution in [3.8, 4) is 11.5 Å². The first-order valence-corrected chi connectivity index (χ1v) is 13.2. The summed E-state index contributed by atoms with van der Waals surface area (Å²) >= 11 is 0. The number of ether oxygens (including phenoxy) is 2. The van der Waals surface area contributed by atoms with Crippen molar-refractivity contribution in [3.05, 3.63) is 52.6 Å². The summed E-state index contributed by atoms with van der Waals surface area (Å²) in [6, 6.07) is 10.1. The monoisotopic (exact) mass is 464 g/mol. The Morgan fingerprint density at radius 3 is 1.94 bits per heavy atom. The van der Waals surface area contributed by atoms with Gasteiger partial charge in [0, 0.05) is 16.9 Å². The molecular weight excluding hydrogens is 422 g/mol. The summed E-state index contributed by atoms with van der Waals surface area (Å²) in [6.07, 6.45) is 9.36. The third-order valence-corrected chi connectivity index (χ3v) is 6.79. The van der Waals surface area contributed by atoms with E-state index in [9.17, 15) is 4.79 Å². The van der Waals surface area contributed by atoms with Crippen LogP contribution in [-0.2, 0) is 0 Å². The first kappa shape index (κ1) is 29.8. The van der Waals surface area contributed by atoms with Crippen LogP contribution in [-0.4, -0.2) is 37.6 Å². The number of rotatable bonds is 15. The van der Waals surface area contributed by atoms with Gasteiger partial charge in [0.15, 0.2) is 5.52 Å². The van der Waals surface area contributed by atoms with E-state index in [2.05, 4.69) is 32.9 Å². The molecule has 1 atom stereocenters. The molecule has 178 valence electrons. The predicted octanol–water partition coefficient (Wildman–Crippen LogP) is 7.03. The van der Waals surface area contributed by atoms with Gasteiger partial charge < -0.3 is 9.47 Å². The fourth-order valence-electron chi connectivity index (χ4n) is 3.97. The van der Waals surface area contributed by atoms with Crippen molar-refractivity contribution in [1.82, 2.24) is 0 Å². The fraction of sp³-hybridized carbons (Fsp3) is 0.536. The van der Waals surface area contributed by atoms with Crippen LogP contribution in [0.2, 0.25) is 0 Å². The Morgan fingerprint density at radius 1 is 0.788 bits per heavy atom. The maximum absolute atomic E-state index is 13.2. The summed E-state index contributed by atoms with van der Waals surface area (Å²) in [6.45, 7) is 11.9. The van der Waals surface area contributed by atoms with Crippen LogP contribution in [0, 0.1) is 20.8 Å². The number of carbonyl (C=O) groups excluding carboxylic acids is 1. The molecule has 3 nitrogen and oxygen atoms in total. The third kappa shape index (κ3) is 10.3. The van der Waals surface area contributed by atoms with E-state index in [0.717, 1.165) is 52.9 Å². The van der Waals surface area contributed by atoms with Gasteiger partial charge in [-0.3, -0.25) is 4.79 Å². The van der Waals surface area contributed by atoms with E-state index in [0.29, 0.717) is 6.61 Å². The fourth-order valence-corrected chi connectivity index (χ4v) is 5.17. The van der Waals surface area contributed by atoms with Gasteiger partial charge in [0.2, 0.25) is 0 Å². The second kappa shape index (κ2) is 16.4. The number of aryl methyl sites for hydroxylation is 3. The van der Waals surface area contributed by atoms with Crippen LogP contribution >= 0.6 is 8.58 Å². The average Bonchev–Trinajstić information content (AvgIpc) is 2.74. The summed E-state index contributed by atoms with van der Waals surface area (Å²) in [5.41, 5.74) is 4.31. The molecule has 1 unspecified atom stereocenters. The van der Waals surface area contributed by atoms with E-state index in [1.165, 1.54) is 44.1 Å².